The van der Waals surface area contributed by atoms with E-state index in [4.69, 9.17) is 4.74 Å². The predicted octanol–water partition coefficient (Wildman–Crippen LogP) is 4.11. The van der Waals surface area contributed by atoms with Gasteiger partial charge < -0.3 is 14.5 Å². The van der Waals surface area contributed by atoms with Gasteiger partial charge in [-0.15, -0.1) is 0 Å². The number of nitrogens with one attached hydrogen (secondary N) is 1. The second kappa shape index (κ2) is 6.82. The highest BCUT2D eigenvalue weighted by Gasteiger charge is 2.09. The Labute approximate surface area is 149 Å². The minimum Gasteiger partial charge on any atom is -0.375 e. The molecule has 0 spiro atoms. The van der Waals surface area contributed by atoms with E-state index in [0.717, 1.165) is 25.8 Å². The third-order valence-electron chi connectivity index (χ3n) is 3.19. The van der Waals surface area contributed by atoms with Crippen molar-refractivity contribution >= 4 is 49.1 Å². The Hall–Kier alpha value is -1.70. The molecule has 0 bridgehead atoms. The van der Waals surface area contributed by atoms with Crippen LogP contribution >= 0.6 is 31.9 Å². The van der Waals surface area contributed by atoms with Crippen molar-refractivity contribution in [2.75, 3.05) is 19.0 Å². The van der Waals surface area contributed by atoms with Crippen molar-refractivity contribution in [2.45, 2.75) is 0 Å². The number of ether oxygens (including phenoxy) is 1. The van der Waals surface area contributed by atoms with Crippen molar-refractivity contribution in [1.82, 2.24) is 9.38 Å². The van der Waals surface area contributed by atoms with Gasteiger partial charge in [-0.2, -0.15) is 0 Å². The molecule has 2 heterocycles. The number of anilines is 1. The number of pyridine rings is 1. The zero-order chi connectivity index (χ0) is 16.4. The van der Waals surface area contributed by atoms with Crippen LogP contribution < -0.4 is 5.32 Å². The fourth-order valence-electron chi connectivity index (χ4n) is 2.25. The number of fused-ring (bicyclic) bond motifs is 1. The summed E-state index contributed by atoms with van der Waals surface area (Å²) in [6, 6.07) is 9.51. The van der Waals surface area contributed by atoms with E-state index < -0.39 is 0 Å². The van der Waals surface area contributed by atoms with Gasteiger partial charge in [-0.3, -0.25) is 4.79 Å². The largest absolute Gasteiger partial charge is 0.375 e. The fraction of sp³-hybridized carbons (Fsp3) is 0.125. The highest BCUT2D eigenvalue weighted by Crippen LogP contribution is 2.27. The number of rotatable bonds is 4. The van der Waals surface area contributed by atoms with Crippen LogP contribution in [0.3, 0.4) is 0 Å². The van der Waals surface area contributed by atoms with Gasteiger partial charge in [-0.25, -0.2) is 4.98 Å². The third kappa shape index (κ3) is 3.63. The van der Waals surface area contributed by atoms with E-state index in [2.05, 4.69) is 42.2 Å². The molecule has 0 aliphatic rings. The van der Waals surface area contributed by atoms with E-state index >= 15 is 0 Å². The monoisotopic (exact) mass is 437 g/mol. The van der Waals surface area contributed by atoms with Crippen LogP contribution in [0.5, 0.6) is 0 Å². The number of amides is 1. The van der Waals surface area contributed by atoms with E-state index in [9.17, 15) is 4.79 Å². The Bertz CT molecular complexity index is 877. The second-order valence-corrected chi connectivity index (χ2v) is 6.70. The van der Waals surface area contributed by atoms with Crippen molar-refractivity contribution in [1.29, 1.82) is 0 Å². The van der Waals surface area contributed by atoms with Gasteiger partial charge >= 0.3 is 0 Å². The summed E-state index contributed by atoms with van der Waals surface area (Å²) >= 11 is 6.98. The number of hydrogen-bond acceptors (Lipinski definition) is 3. The van der Waals surface area contributed by atoms with Crippen LogP contribution in [0.15, 0.2) is 51.7 Å². The molecule has 3 rings (SSSR count). The minimum atomic E-state index is -0.189. The highest BCUT2D eigenvalue weighted by molar-refractivity contribution is 9.11. The molecule has 0 fully saturated rings. The standard InChI is InChI=1S/C16H13Br2N3O2/c1-23-9-15(22)19-12-4-2-3-10(5-12)14-8-21-7-11(17)6-13(18)16(21)20-14/h2-8H,9H2,1H3,(H,19,22). The summed E-state index contributed by atoms with van der Waals surface area (Å²) in [6.45, 7) is 0.0273. The number of carbonyl (C=O) groups excluding carboxylic acids is 1. The maximum Gasteiger partial charge on any atom is 0.250 e. The maximum absolute atomic E-state index is 11.6. The number of halogens is 2. The lowest BCUT2D eigenvalue weighted by Crippen LogP contribution is -2.16. The van der Waals surface area contributed by atoms with E-state index in [1.165, 1.54) is 7.11 Å². The quantitative estimate of drug-likeness (QED) is 0.666. The number of benzene rings is 1. The van der Waals surface area contributed by atoms with Gasteiger partial charge in [0.15, 0.2) is 5.65 Å². The number of aromatic nitrogens is 2. The Kier molecular flexibility index (Phi) is 4.79. The van der Waals surface area contributed by atoms with Crippen molar-refractivity contribution in [3.8, 4) is 11.3 Å². The van der Waals surface area contributed by atoms with Crippen molar-refractivity contribution in [3.05, 3.63) is 51.7 Å². The molecule has 118 valence electrons. The van der Waals surface area contributed by atoms with E-state index in [-0.39, 0.29) is 12.5 Å². The van der Waals surface area contributed by atoms with Crippen LogP contribution in [0.4, 0.5) is 5.69 Å². The third-order valence-corrected chi connectivity index (χ3v) is 4.21. The summed E-state index contributed by atoms with van der Waals surface area (Å²) in [5.74, 6) is -0.189. The van der Waals surface area contributed by atoms with Crippen LogP contribution in [-0.2, 0) is 9.53 Å². The van der Waals surface area contributed by atoms with Gasteiger partial charge in [0.05, 0.1) is 10.2 Å². The van der Waals surface area contributed by atoms with Crippen molar-refractivity contribution in [2.24, 2.45) is 0 Å². The number of hydrogen-bond donors (Lipinski definition) is 1. The Balaban J connectivity index is 1.95. The molecule has 2 aromatic heterocycles. The van der Waals surface area contributed by atoms with E-state index in [1.807, 2.05) is 47.1 Å². The molecule has 0 atom stereocenters. The topological polar surface area (TPSA) is 55.6 Å². The van der Waals surface area contributed by atoms with Crippen molar-refractivity contribution in [3.63, 3.8) is 0 Å². The lowest BCUT2D eigenvalue weighted by atomic mass is 10.1. The Morgan fingerprint density at radius 1 is 1.30 bits per heavy atom. The fourth-order valence-corrected chi connectivity index (χ4v) is 3.54. The molecular formula is C16H13Br2N3O2. The predicted molar refractivity (Wildman–Crippen MR) is 96.5 cm³/mol. The van der Waals surface area contributed by atoms with Crippen LogP contribution in [0, 0.1) is 0 Å². The Morgan fingerprint density at radius 2 is 2.13 bits per heavy atom. The molecule has 0 saturated heterocycles. The summed E-state index contributed by atoms with van der Waals surface area (Å²) in [5.41, 5.74) is 3.29. The summed E-state index contributed by atoms with van der Waals surface area (Å²) in [5, 5.41) is 2.79. The van der Waals surface area contributed by atoms with Gasteiger partial charge in [0.25, 0.3) is 0 Å². The van der Waals surface area contributed by atoms with Crippen molar-refractivity contribution < 1.29 is 9.53 Å². The molecular weight excluding hydrogens is 426 g/mol. The van der Waals surface area contributed by atoms with Crippen LogP contribution in [0.2, 0.25) is 0 Å². The molecule has 1 N–H and O–H groups in total. The first kappa shape index (κ1) is 16.2. The summed E-state index contributed by atoms with van der Waals surface area (Å²) in [6.07, 6.45) is 3.89. The zero-order valence-corrected chi connectivity index (χ0v) is 15.4. The first-order valence-electron chi connectivity index (χ1n) is 6.80. The van der Waals surface area contributed by atoms with Crippen LogP contribution in [-0.4, -0.2) is 29.0 Å². The normalized spacial score (nSPS) is 10.9. The average molecular weight is 439 g/mol. The van der Waals surface area contributed by atoms with Gasteiger partial charge in [-0.1, -0.05) is 12.1 Å². The van der Waals surface area contributed by atoms with Gasteiger partial charge in [0.2, 0.25) is 5.91 Å². The number of imidazole rings is 1. The summed E-state index contributed by atoms with van der Waals surface area (Å²) in [4.78, 5) is 16.3. The molecule has 0 aliphatic heterocycles. The maximum atomic E-state index is 11.6. The van der Waals surface area contributed by atoms with Crippen LogP contribution in [0.1, 0.15) is 0 Å². The molecule has 0 saturated carbocycles. The van der Waals surface area contributed by atoms with E-state index in [0.29, 0.717) is 5.69 Å². The number of nitrogens with zero attached hydrogens (tertiary/aromatic N) is 2. The number of methoxy groups -OCH3 is 1. The lowest BCUT2D eigenvalue weighted by molar-refractivity contribution is -0.119. The first-order chi connectivity index (χ1) is 11.1. The summed E-state index contributed by atoms with van der Waals surface area (Å²) < 4.78 is 8.63. The molecule has 7 heteroatoms. The molecule has 0 radical (unpaired) electrons. The van der Waals surface area contributed by atoms with Crippen LogP contribution in [0.25, 0.3) is 16.9 Å². The molecule has 1 amide bonds. The molecule has 0 aliphatic carbocycles. The molecule has 5 nitrogen and oxygen atoms in total. The zero-order valence-electron chi connectivity index (χ0n) is 12.2. The first-order valence-corrected chi connectivity index (χ1v) is 8.38. The molecule has 0 unspecified atom stereocenters. The molecule has 1 aromatic carbocycles. The Morgan fingerprint density at radius 3 is 2.91 bits per heavy atom. The molecule has 23 heavy (non-hydrogen) atoms. The average Bonchev–Trinajstić information content (AvgIpc) is 2.92. The lowest BCUT2D eigenvalue weighted by Gasteiger charge is -2.05. The molecule has 3 aromatic rings. The van der Waals surface area contributed by atoms with Gasteiger partial charge in [-0.05, 0) is 50.1 Å². The second-order valence-electron chi connectivity index (χ2n) is 4.93. The number of carbonyl (C=O) groups is 1. The van der Waals surface area contributed by atoms with Gasteiger partial charge in [0, 0.05) is 35.2 Å². The van der Waals surface area contributed by atoms with Gasteiger partial charge in [0.1, 0.15) is 6.61 Å². The highest BCUT2D eigenvalue weighted by atomic mass is 79.9. The summed E-state index contributed by atoms with van der Waals surface area (Å²) in [7, 11) is 1.49. The van der Waals surface area contributed by atoms with E-state index in [1.54, 1.807) is 0 Å². The smallest absolute Gasteiger partial charge is 0.250 e. The SMILES string of the molecule is COCC(=O)Nc1cccc(-c2cn3cc(Br)cc(Br)c3n2)c1. The minimum absolute atomic E-state index is 0.0273.